The van der Waals surface area contributed by atoms with Crippen molar-refractivity contribution in [3.63, 3.8) is 0 Å². The average Bonchev–Trinajstić information content (AvgIpc) is 2.53. The molecule has 0 spiro atoms. The van der Waals surface area contributed by atoms with E-state index in [2.05, 4.69) is 16.5 Å². The SMILES string of the molecule is C[C@@H]1CCCCN1[C@@H](C)CNS(=O)(=O)c1ccc([N+](=O)[O-])cc1. The molecular weight excluding hydrogens is 318 g/mol. The zero-order valence-corrected chi connectivity index (χ0v) is 14.3. The fraction of sp³-hybridized carbons (Fsp3) is 0.600. The van der Waals surface area contributed by atoms with Gasteiger partial charge in [0.1, 0.15) is 0 Å². The molecular formula is C15H23N3O4S. The number of sulfonamides is 1. The van der Waals surface area contributed by atoms with Crippen molar-refractivity contribution >= 4 is 15.7 Å². The summed E-state index contributed by atoms with van der Waals surface area (Å²) in [5, 5.41) is 10.6. The molecule has 1 aromatic carbocycles. The lowest BCUT2D eigenvalue weighted by molar-refractivity contribution is -0.384. The summed E-state index contributed by atoms with van der Waals surface area (Å²) in [6.45, 7) is 5.49. The minimum Gasteiger partial charge on any atom is -0.297 e. The molecule has 0 bridgehead atoms. The fourth-order valence-electron chi connectivity index (χ4n) is 2.95. The lowest BCUT2D eigenvalue weighted by Crippen LogP contribution is -2.48. The predicted octanol–water partition coefficient (Wildman–Crippen LogP) is 2.14. The van der Waals surface area contributed by atoms with Gasteiger partial charge in [-0.2, -0.15) is 0 Å². The summed E-state index contributed by atoms with van der Waals surface area (Å²) in [6, 6.07) is 5.49. The maximum atomic E-state index is 12.3. The number of nitrogens with one attached hydrogen (secondary N) is 1. The maximum absolute atomic E-state index is 12.3. The van der Waals surface area contributed by atoms with Crippen LogP contribution in [0.15, 0.2) is 29.2 Å². The highest BCUT2D eigenvalue weighted by molar-refractivity contribution is 7.89. The molecule has 2 rings (SSSR count). The molecule has 1 heterocycles. The molecule has 0 radical (unpaired) electrons. The zero-order valence-electron chi connectivity index (χ0n) is 13.4. The minimum atomic E-state index is -3.65. The van der Waals surface area contributed by atoms with E-state index in [1.54, 1.807) is 0 Å². The number of benzene rings is 1. The minimum absolute atomic E-state index is 0.0435. The third kappa shape index (κ3) is 4.49. The van der Waals surface area contributed by atoms with E-state index in [1.165, 1.54) is 30.7 Å². The standard InChI is InChI=1S/C15H23N3O4S/c1-12-5-3-4-10-17(12)13(2)11-16-23(21,22)15-8-6-14(7-9-15)18(19)20/h6-9,12-13,16H,3-5,10-11H2,1-2H3/t12-,13+/m1/s1. The molecule has 0 amide bonds. The van der Waals surface area contributed by atoms with Gasteiger partial charge in [0, 0.05) is 30.8 Å². The summed E-state index contributed by atoms with van der Waals surface area (Å²) < 4.78 is 27.2. The highest BCUT2D eigenvalue weighted by Crippen LogP contribution is 2.19. The average molecular weight is 341 g/mol. The molecule has 7 nitrogen and oxygen atoms in total. The van der Waals surface area contributed by atoms with Crippen molar-refractivity contribution in [2.45, 2.75) is 50.1 Å². The van der Waals surface area contributed by atoms with Crippen molar-refractivity contribution in [1.82, 2.24) is 9.62 Å². The molecule has 8 heteroatoms. The van der Waals surface area contributed by atoms with E-state index >= 15 is 0 Å². The summed E-state index contributed by atoms with van der Waals surface area (Å²) in [5.41, 5.74) is -0.126. The molecule has 1 aliphatic heterocycles. The van der Waals surface area contributed by atoms with Crippen LogP contribution in [0.1, 0.15) is 33.1 Å². The lowest BCUT2D eigenvalue weighted by atomic mass is 10.0. The van der Waals surface area contributed by atoms with Crippen molar-refractivity contribution in [3.05, 3.63) is 34.4 Å². The summed E-state index contributed by atoms with van der Waals surface area (Å²) in [4.78, 5) is 12.4. The van der Waals surface area contributed by atoms with E-state index in [9.17, 15) is 18.5 Å². The Labute approximate surface area is 136 Å². The summed E-state index contributed by atoms with van der Waals surface area (Å²) >= 11 is 0. The van der Waals surface area contributed by atoms with E-state index in [-0.39, 0.29) is 16.6 Å². The van der Waals surface area contributed by atoms with Gasteiger partial charge in [0.15, 0.2) is 0 Å². The lowest BCUT2D eigenvalue weighted by Gasteiger charge is -2.38. The fourth-order valence-corrected chi connectivity index (χ4v) is 4.07. The van der Waals surface area contributed by atoms with Crippen LogP contribution >= 0.6 is 0 Å². The number of hydrogen-bond acceptors (Lipinski definition) is 5. The van der Waals surface area contributed by atoms with Crippen LogP contribution in [0.25, 0.3) is 0 Å². The Bertz CT molecular complexity index is 645. The van der Waals surface area contributed by atoms with Gasteiger partial charge in [0.05, 0.1) is 9.82 Å². The van der Waals surface area contributed by atoms with Crippen LogP contribution < -0.4 is 4.72 Å². The van der Waals surface area contributed by atoms with Gasteiger partial charge >= 0.3 is 0 Å². The molecule has 1 fully saturated rings. The highest BCUT2D eigenvalue weighted by Gasteiger charge is 2.24. The van der Waals surface area contributed by atoms with Crippen molar-refractivity contribution in [1.29, 1.82) is 0 Å². The smallest absolute Gasteiger partial charge is 0.269 e. The van der Waals surface area contributed by atoms with Crippen LogP contribution in [0.2, 0.25) is 0 Å². The number of piperidine rings is 1. The van der Waals surface area contributed by atoms with E-state index in [0.29, 0.717) is 12.6 Å². The molecule has 1 saturated heterocycles. The van der Waals surface area contributed by atoms with Crippen LogP contribution in [0.5, 0.6) is 0 Å². The number of non-ortho nitro benzene ring substituents is 1. The van der Waals surface area contributed by atoms with Crippen LogP contribution in [-0.4, -0.2) is 43.4 Å². The first-order valence-electron chi connectivity index (χ1n) is 7.81. The predicted molar refractivity (Wildman–Crippen MR) is 87.8 cm³/mol. The molecule has 0 saturated carbocycles. The van der Waals surface area contributed by atoms with Crippen LogP contribution in [0.4, 0.5) is 5.69 Å². The maximum Gasteiger partial charge on any atom is 0.269 e. The second-order valence-corrected chi connectivity index (χ2v) is 7.80. The largest absolute Gasteiger partial charge is 0.297 e. The molecule has 1 aromatic rings. The van der Waals surface area contributed by atoms with Gasteiger partial charge < -0.3 is 0 Å². The number of nitro groups is 1. The normalized spacial score (nSPS) is 21.0. The Balaban J connectivity index is 1.99. The Morgan fingerprint density at radius 3 is 2.57 bits per heavy atom. The van der Waals surface area contributed by atoms with Gasteiger partial charge in [-0.1, -0.05) is 6.42 Å². The molecule has 128 valence electrons. The summed E-state index contributed by atoms with van der Waals surface area (Å²) in [7, 11) is -3.65. The van der Waals surface area contributed by atoms with Gasteiger partial charge in [-0.15, -0.1) is 0 Å². The van der Waals surface area contributed by atoms with Crippen molar-refractivity contribution in [2.75, 3.05) is 13.1 Å². The molecule has 0 aliphatic carbocycles. The Morgan fingerprint density at radius 2 is 2.00 bits per heavy atom. The van der Waals surface area contributed by atoms with Crippen molar-refractivity contribution in [2.24, 2.45) is 0 Å². The van der Waals surface area contributed by atoms with Gasteiger partial charge in [-0.25, -0.2) is 13.1 Å². The third-order valence-electron chi connectivity index (χ3n) is 4.35. The van der Waals surface area contributed by atoms with Gasteiger partial charge in [0.2, 0.25) is 10.0 Å². The van der Waals surface area contributed by atoms with Crippen LogP contribution in [0, 0.1) is 10.1 Å². The molecule has 1 N–H and O–H groups in total. The summed E-state index contributed by atoms with van der Waals surface area (Å²) in [5.74, 6) is 0. The Kier molecular flexibility index (Phi) is 5.72. The Morgan fingerprint density at radius 1 is 1.35 bits per heavy atom. The second kappa shape index (κ2) is 7.37. The molecule has 1 aliphatic rings. The second-order valence-electron chi connectivity index (χ2n) is 6.03. The summed E-state index contributed by atoms with van der Waals surface area (Å²) in [6.07, 6.45) is 3.50. The van der Waals surface area contributed by atoms with Crippen LogP contribution in [-0.2, 0) is 10.0 Å². The first-order valence-corrected chi connectivity index (χ1v) is 9.29. The van der Waals surface area contributed by atoms with Gasteiger partial charge in [-0.3, -0.25) is 15.0 Å². The van der Waals surface area contributed by atoms with Crippen molar-refractivity contribution < 1.29 is 13.3 Å². The number of likely N-dealkylation sites (tertiary alicyclic amines) is 1. The third-order valence-corrected chi connectivity index (χ3v) is 5.79. The monoisotopic (exact) mass is 341 g/mol. The Hall–Kier alpha value is -1.51. The van der Waals surface area contributed by atoms with E-state index < -0.39 is 14.9 Å². The van der Waals surface area contributed by atoms with Gasteiger partial charge in [-0.05, 0) is 45.4 Å². The molecule has 0 unspecified atom stereocenters. The first-order chi connectivity index (χ1) is 10.8. The number of nitrogens with zero attached hydrogens (tertiary/aromatic N) is 2. The molecule has 23 heavy (non-hydrogen) atoms. The van der Waals surface area contributed by atoms with E-state index in [0.717, 1.165) is 19.4 Å². The number of nitro benzene ring substituents is 1. The first kappa shape index (κ1) is 17.8. The topological polar surface area (TPSA) is 92.6 Å². The van der Waals surface area contributed by atoms with E-state index in [1.807, 2.05) is 6.92 Å². The quantitative estimate of drug-likeness (QED) is 0.632. The van der Waals surface area contributed by atoms with Crippen molar-refractivity contribution in [3.8, 4) is 0 Å². The highest BCUT2D eigenvalue weighted by atomic mass is 32.2. The van der Waals surface area contributed by atoms with E-state index in [4.69, 9.17) is 0 Å². The van der Waals surface area contributed by atoms with Gasteiger partial charge in [0.25, 0.3) is 5.69 Å². The zero-order chi connectivity index (χ0) is 17.0. The molecule has 0 aromatic heterocycles. The number of rotatable bonds is 6. The number of hydrogen-bond donors (Lipinski definition) is 1. The van der Waals surface area contributed by atoms with Crippen LogP contribution in [0.3, 0.4) is 0 Å². The molecule has 2 atom stereocenters.